The number of aryl methyl sites for hydroxylation is 1. The first-order chi connectivity index (χ1) is 9.65. The zero-order valence-corrected chi connectivity index (χ0v) is 11.3. The molecule has 0 aliphatic carbocycles. The maximum absolute atomic E-state index is 11.7. The van der Waals surface area contributed by atoms with E-state index in [4.69, 9.17) is 5.73 Å². The number of pyridine rings is 1. The minimum absolute atomic E-state index is 0.134. The number of benzene rings is 1. The van der Waals surface area contributed by atoms with Crippen LogP contribution in [0, 0.1) is 6.92 Å². The molecule has 20 heavy (non-hydrogen) atoms. The molecule has 1 amide bonds. The molecular weight excluding hydrogens is 250 g/mol. The first kappa shape index (κ1) is 13.8. The molecule has 0 aliphatic heterocycles. The standard InChI is InChI=1S/C16H17N3O/c1-12-8-9-18-10-14(12)11-19-16(20)7-4-13-2-5-15(17)6-3-13/h2-10H,11,17H2,1H3,(H,19,20)/b7-4+. The third kappa shape index (κ3) is 3.95. The Kier molecular flexibility index (Phi) is 4.50. The molecule has 1 aromatic carbocycles. The summed E-state index contributed by atoms with van der Waals surface area (Å²) in [4.78, 5) is 15.8. The maximum Gasteiger partial charge on any atom is 0.244 e. The van der Waals surface area contributed by atoms with Crippen molar-refractivity contribution in [2.75, 3.05) is 5.73 Å². The second-order valence-corrected chi connectivity index (χ2v) is 4.52. The zero-order valence-electron chi connectivity index (χ0n) is 11.3. The van der Waals surface area contributed by atoms with Crippen molar-refractivity contribution in [1.29, 1.82) is 0 Å². The molecule has 2 aromatic rings. The van der Waals surface area contributed by atoms with Crippen molar-refractivity contribution in [2.24, 2.45) is 0 Å². The van der Waals surface area contributed by atoms with Gasteiger partial charge in [0.25, 0.3) is 0 Å². The van der Waals surface area contributed by atoms with E-state index in [1.807, 2.05) is 25.1 Å². The molecule has 1 heterocycles. The van der Waals surface area contributed by atoms with Crippen LogP contribution >= 0.6 is 0 Å². The van der Waals surface area contributed by atoms with Crippen LogP contribution in [0.5, 0.6) is 0 Å². The van der Waals surface area contributed by atoms with E-state index in [1.54, 1.807) is 30.6 Å². The fourth-order valence-corrected chi connectivity index (χ4v) is 1.70. The van der Waals surface area contributed by atoms with Gasteiger partial charge in [0.2, 0.25) is 5.91 Å². The Labute approximate surface area is 118 Å². The molecule has 0 fully saturated rings. The monoisotopic (exact) mass is 267 g/mol. The molecule has 3 N–H and O–H groups in total. The predicted molar refractivity (Wildman–Crippen MR) is 80.7 cm³/mol. The molecule has 0 saturated heterocycles. The number of anilines is 1. The smallest absolute Gasteiger partial charge is 0.244 e. The van der Waals surface area contributed by atoms with Crippen molar-refractivity contribution in [3.05, 3.63) is 65.5 Å². The lowest BCUT2D eigenvalue weighted by atomic mass is 10.1. The number of nitrogens with one attached hydrogen (secondary N) is 1. The Balaban J connectivity index is 1.90. The molecule has 0 saturated carbocycles. The second kappa shape index (κ2) is 6.52. The molecule has 0 radical (unpaired) electrons. The average molecular weight is 267 g/mol. The summed E-state index contributed by atoms with van der Waals surface area (Å²) in [5.74, 6) is -0.134. The maximum atomic E-state index is 11.7. The summed E-state index contributed by atoms with van der Waals surface area (Å²) in [5, 5.41) is 2.83. The molecule has 0 aliphatic rings. The van der Waals surface area contributed by atoms with Gasteiger partial charge in [0.1, 0.15) is 0 Å². The Morgan fingerprint density at radius 2 is 2.05 bits per heavy atom. The number of nitrogen functional groups attached to an aromatic ring is 1. The van der Waals surface area contributed by atoms with Crippen LogP contribution in [-0.4, -0.2) is 10.9 Å². The van der Waals surface area contributed by atoms with E-state index in [-0.39, 0.29) is 5.91 Å². The number of hydrogen-bond donors (Lipinski definition) is 2. The van der Waals surface area contributed by atoms with Gasteiger partial charge in [0, 0.05) is 30.7 Å². The van der Waals surface area contributed by atoms with Crippen LogP contribution in [0.4, 0.5) is 5.69 Å². The molecule has 0 spiro atoms. The summed E-state index contributed by atoms with van der Waals surface area (Å²) < 4.78 is 0. The molecule has 102 valence electrons. The highest BCUT2D eigenvalue weighted by molar-refractivity contribution is 5.91. The van der Waals surface area contributed by atoms with Crippen LogP contribution in [0.2, 0.25) is 0 Å². The molecule has 4 nitrogen and oxygen atoms in total. The normalized spacial score (nSPS) is 10.7. The number of nitrogens with zero attached hydrogens (tertiary/aromatic N) is 1. The van der Waals surface area contributed by atoms with Crippen LogP contribution in [0.3, 0.4) is 0 Å². The number of carbonyl (C=O) groups is 1. The van der Waals surface area contributed by atoms with Gasteiger partial charge in [0.15, 0.2) is 0 Å². The molecule has 2 rings (SSSR count). The number of aromatic nitrogens is 1. The van der Waals surface area contributed by atoms with Crippen LogP contribution in [0.25, 0.3) is 6.08 Å². The first-order valence-electron chi connectivity index (χ1n) is 6.36. The largest absolute Gasteiger partial charge is 0.399 e. The average Bonchev–Trinajstić information content (AvgIpc) is 2.46. The number of carbonyl (C=O) groups excluding carboxylic acids is 1. The van der Waals surface area contributed by atoms with Crippen LogP contribution in [-0.2, 0) is 11.3 Å². The quantitative estimate of drug-likeness (QED) is 0.659. The van der Waals surface area contributed by atoms with Gasteiger partial charge in [-0.1, -0.05) is 12.1 Å². The lowest BCUT2D eigenvalue weighted by Crippen LogP contribution is -2.20. The summed E-state index contributed by atoms with van der Waals surface area (Å²) >= 11 is 0. The molecule has 0 bridgehead atoms. The fraction of sp³-hybridized carbons (Fsp3) is 0.125. The number of hydrogen-bond acceptors (Lipinski definition) is 3. The van der Waals surface area contributed by atoms with E-state index in [0.29, 0.717) is 12.2 Å². The van der Waals surface area contributed by atoms with Gasteiger partial charge in [-0.25, -0.2) is 0 Å². The van der Waals surface area contributed by atoms with Gasteiger partial charge in [-0.2, -0.15) is 0 Å². The van der Waals surface area contributed by atoms with Gasteiger partial charge in [-0.05, 0) is 47.9 Å². The third-order valence-corrected chi connectivity index (χ3v) is 2.96. The molecular formula is C16H17N3O. The summed E-state index contributed by atoms with van der Waals surface area (Å²) in [6.07, 6.45) is 6.77. The van der Waals surface area contributed by atoms with Crippen molar-refractivity contribution in [3.8, 4) is 0 Å². The Morgan fingerprint density at radius 1 is 1.30 bits per heavy atom. The van der Waals surface area contributed by atoms with Crippen molar-refractivity contribution >= 4 is 17.7 Å². The molecule has 1 aromatic heterocycles. The van der Waals surface area contributed by atoms with Gasteiger partial charge < -0.3 is 11.1 Å². The van der Waals surface area contributed by atoms with E-state index in [9.17, 15) is 4.79 Å². The van der Waals surface area contributed by atoms with Gasteiger partial charge in [0.05, 0.1) is 0 Å². The Bertz CT molecular complexity index is 618. The Hall–Kier alpha value is -2.62. The minimum Gasteiger partial charge on any atom is -0.399 e. The van der Waals surface area contributed by atoms with Crippen molar-refractivity contribution in [1.82, 2.24) is 10.3 Å². The highest BCUT2D eigenvalue weighted by Gasteiger charge is 1.99. The molecule has 0 unspecified atom stereocenters. The van der Waals surface area contributed by atoms with E-state index in [1.165, 1.54) is 6.08 Å². The highest BCUT2D eigenvalue weighted by Crippen LogP contribution is 2.07. The van der Waals surface area contributed by atoms with E-state index in [0.717, 1.165) is 16.7 Å². The Morgan fingerprint density at radius 3 is 2.75 bits per heavy atom. The summed E-state index contributed by atoms with van der Waals surface area (Å²) in [5.41, 5.74) is 9.37. The van der Waals surface area contributed by atoms with E-state index >= 15 is 0 Å². The molecule has 4 heteroatoms. The van der Waals surface area contributed by atoms with Crippen molar-refractivity contribution in [3.63, 3.8) is 0 Å². The lowest BCUT2D eigenvalue weighted by molar-refractivity contribution is -0.116. The van der Waals surface area contributed by atoms with E-state index in [2.05, 4.69) is 10.3 Å². The third-order valence-electron chi connectivity index (χ3n) is 2.96. The van der Waals surface area contributed by atoms with Crippen molar-refractivity contribution < 1.29 is 4.79 Å². The van der Waals surface area contributed by atoms with Crippen LogP contribution < -0.4 is 11.1 Å². The summed E-state index contributed by atoms with van der Waals surface area (Å²) in [6.45, 7) is 2.47. The van der Waals surface area contributed by atoms with Gasteiger partial charge in [-0.3, -0.25) is 9.78 Å². The summed E-state index contributed by atoms with van der Waals surface area (Å²) in [6, 6.07) is 9.26. The number of nitrogens with two attached hydrogens (primary N) is 1. The van der Waals surface area contributed by atoms with Crippen molar-refractivity contribution in [2.45, 2.75) is 13.5 Å². The van der Waals surface area contributed by atoms with Crippen LogP contribution in [0.1, 0.15) is 16.7 Å². The topological polar surface area (TPSA) is 68.0 Å². The number of rotatable bonds is 4. The second-order valence-electron chi connectivity index (χ2n) is 4.52. The lowest BCUT2D eigenvalue weighted by Gasteiger charge is -2.05. The highest BCUT2D eigenvalue weighted by atomic mass is 16.1. The van der Waals surface area contributed by atoms with Gasteiger partial charge in [-0.15, -0.1) is 0 Å². The summed E-state index contributed by atoms with van der Waals surface area (Å²) in [7, 11) is 0. The minimum atomic E-state index is -0.134. The van der Waals surface area contributed by atoms with Gasteiger partial charge >= 0.3 is 0 Å². The predicted octanol–water partition coefficient (Wildman–Crippen LogP) is 2.30. The fourth-order valence-electron chi connectivity index (χ4n) is 1.70. The number of amides is 1. The van der Waals surface area contributed by atoms with E-state index < -0.39 is 0 Å². The SMILES string of the molecule is Cc1ccncc1CNC(=O)/C=C/c1ccc(N)cc1. The molecule has 0 atom stereocenters. The zero-order chi connectivity index (χ0) is 14.4. The van der Waals surface area contributed by atoms with Crippen LogP contribution in [0.15, 0.2) is 48.8 Å². The first-order valence-corrected chi connectivity index (χ1v) is 6.36.